The summed E-state index contributed by atoms with van der Waals surface area (Å²) in [6.45, 7) is 3.80. The van der Waals surface area contributed by atoms with Crippen molar-refractivity contribution in [1.29, 1.82) is 0 Å². The van der Waals surface area contributed by atoms with Gasteiger partial charge >= 0.3 is 0 Å². The minimum absolute atomic E-state index is 0.0324. The smallest absolute Gasteiger partial charge is 0.270 e. The molecule has 0 aliphatic carbocycles. The van der Waals surface area contributed by atoms with E-state index in [-0.39, 0.29) is 17.9 Å². The number of nitrogens with zero attached hydrogens (tertiary/aromatic N) is 1. The van der Waals surface area contributed by atoms with E-state index in [1.54, 1.807) is 17.8 Å². The number of carbonyl (C=O) groups is 2. The molecule has 1 heterocycles. The van der Waals surface area contributed by atoms with Crippen LogP contribution in [0.3, 0.4) is 0 Å². The van der Waals surface area contributed by atoms with Crippen LogP contribution < -0.4 is 10.6 Å². The van der Waals surface area contributed by atoms with Gasteiger partial charge in [0.05, 0.1) is 5.52 Å². The van der Waals surface area contributed by atoms with Crippen molar-refractivity contribution in [2.24, 2.45) is 0 Å². The molecular weight excluding hydrogens is 322 g/mol. The number of thioether (sulfide) groups is 1. The maximum Gasteiger partial charge on any atom is 0.270 e. The van der Waals surface area contributed by atoms with Crippen LogP contribution in [0.15, 0.2) is 36.4 Å². The van der Waals surface area contributed by atoms with Gasteiger partial charge in [-0.3, -0.25) is 9.59 Å². The molecular formula is C18H23N3O2S. The molecule has 0 unspecified atom stereocenters. The predicted molar refractivity (Wildman–Crippen MR) is 99.3 cm³/mol. The molecule has 2 rings (SSSR count). The number of carbonyl (C=O) groups excluding carboxylic acids is 2. The Morgan fingerprint density at radius 2 is 1.88 bits per heavy atom. The average Bonchev–Trinajstić information content (AvgIpc) is 2.57. The van der Waals surface area contributed by atoms with Gasteiger partial charge in [-0.2, -0.15) is 11.8 Å². The minimum Gasteiger partial charge on any atom is -0.352 e. The van der Waals surface area contributed by atoms with E-state index in [1.807, 2.05) is 50.4 Å². The van der Waals surface area contributed by atoms with Crippen LogP contribution in [-0.4, -0.2) is 40.9 Å². The molecule has 2 N–H and O–H groups in total. The molecule has 0 bridgehead atoms. The number of aromatic nitrogens is 1. The second-order valence-electron chi connectivity index (χ2n) is 5.86. The molecule has 0 aliphatic rings. The predicted octanol–water partition coefficient (Wildman–Crippen LogP) is 2.61. The molecule has 5 nitrogen and oxygen atoms in total. The summed E-state index contributed by atoms with van der Waals surface area (Å²) in [5.41, 5.74) is 1.08. The molecule has 0 fully saturated rings. The average molecular weight is 345 g/mol. The Hall–Kier alpha value is -2.08. The molecule has 0 aliphatic heterocycles. The molecule has 1 aromatic heterocycles. The van der Waals surface area contributed by atoms with E-state index < -0.39 is 6.04 Å². The molecule has 128 valence electrons. The number of hydrogen-bond donors (Lipinski definition) is 2. The Morgan fingerprint density at radius 3 is 2.58 bits per heavy atom. The number of hydrogen-bond acceptors (Lipinski definition) is 4. The Bertz CT molecular complexity index is 718. The van der Waals surface area contributed by atoms with Crippen molar-refractivity contribution in [2.45, 2.75) is 32.4 Å². The molecule has 6 heteroatoms. The van der Waals surface area contributed by atoms with E-state index in [2.05, 4.69) is 15.6 Å². The van der Waals surface area contributed by atoms with Gasteiger partial charge in [0.15, 0.2) is 0 Å². The first-order chi connectivity index (χ1) is 11.5. The number of benzene rings is 1. The van der Waals surface area contributed by atoms with Gasteiger partial charge in [-0.15, -0.1) is 0 Å². The zero-order chi connectivity index (χ0) is 17.5. The standard InChI is InChI=1S/C18H23N3O2S/c1-12(2)19-17(22)16(10-11-24-3)21-18(23)15-9-8-13-6-4-5-7-14(13)20-15/h4-9,12,16H,10-11H2,1-3H3,(H,19,22)(H,21,23)/t16-/m0/s1. The Labute approximate surface area is 146 Å². The monoisotopic (exact) mass is 345 g/mol. The summed E-state index contributed by atoms with van der Waals surface area (Å²) in [5, 5.41) is 6.64. The molecule has 0 radical (unpaired) electrons. The van der Waals surface area contributed by atoms with E-state index in [4.69, 9.17) is 0 Å². The molecule has 24 heavy (non-hydrogen) atoms. The van der Waals surface area contributed by atoms with Crippen LogP contribution in [-0.2, 0) is 4.79 Å². The van der Waals surface area contributed by atoms with Gasteiger partial charge in [-0.1, -0.05) is 24.3 Å². The maximum absolute atomic E-state index is 12.5. The van der Waals surface area contributed by atoms with Crippen LogP contribution in [0.2, 0.25) is 0 Å². The van der Waals surface area contributed by atoms with Crippen LogP contribution >= 0.6 is 11.8 Å². The Morgan fingerprint density at radius 1 is 1.12 bits per heavy atom. The lowest BCUT2D eigenvalue weighted by Gasteiger charge is -2.19. The van der Waals surface area contributed by atoms with Crippen molar-refractivity contribution in [3.63, 3.8) is 0 Å². The number of pyridine rings is 1. The summed E-state index contributed by atoms with van der Waals surface area (Å²) in [5.74, 6) is 0.306. The van der Waals surface area contributed by atoms with Crippen molar-refractivity contribution in [2.75, 3.05) is 12.0 Å². The SMILES string of the molecule is CSCC[C@H](NC(=O)c1ccc2ccccc2n1)C(=O)NC(C)C. The third-order valence-corrected chi connectivity index (χ3v) is 4.14. The molecule has 0 spiro atoms. The molecule has 0 saturated carbocycles. The fourth-order valence-corrected chi connectivity index (χ4v) is 2.79. The highest BCUT2D eigenvalue weighted by Crippen LogP contribution is 2.12. The molecule has 0 saturated heterocycles. The van der Waals surface area contributed by atoms with Crippen molar-refractivity contribution in [1.82, 2.24) is 15.6 Å². The normalized spacial score (nSPS) is 12.2. The number of nitrogens with one attached hydrogen (secondary N) is 2. The van der Waals surface area contributed by atoms with Crippen LogP contribution in [0.5, 0.6) is 0 Å². The van der Waals surface area contributed by atoms with E-state index in [9.17, 15) is 9.59 Å². The molecule has 2 amide bonds. The van der Waals surface area contributed by atoms with E-state index >= 15 is 0 Å². The first kappa shape index (κ1) is 18.3. The summed E-state index contributed by atoms with van der Waals surface area (Å²) >= 11 is 1.64. The fraction of sp³-hybridized carbons (Fsp3) is 0.389. The van der Waals surface area contributed by atoms with Gasteiger partial charge in [-0.25, -0.2) is 4.98 Å². The first-order valence-corrected chi connectivity index (χ1v) is 9.36. The summed E-state index contributed by atoms with van der Waals surface area (Å²) in [7, 11) is 0. The number of amides is 2. The Kier molecular flexibility index (Phi) is 6.61. The van der Waals surface area contributed by atoms with Gasteiger partial charge in [0.1, 0.15) is 11.7 Å². The zero-order valence-corrected chi connectivity index (χ0v) is 15.0. The van der Waals surface area contributed by atoms with Gasteiger partial charge in [0.25, 0.3) is 5.91 Å². The Balaban J connectivity index is 2.13. The van der Waals surface area contributed by atoms with Crippen molar-refractivity contribution in [3.05, 3.63) is 42.1 Å². The summed E-state index contributed by atoms with van der Waals surface area (Å²) in [6.07, 6.45) is 2.56. The lowest BCUT2D eigenvalue weighted by atomic mass is 10.1. The summed E-state index contributed by atoms with van der Waals surface area (Å²) in [6, 6.07) is 10.6. The van der Waals surface area contributed by atoms with Gasteiger partial charge in [0.2, 0.25) is 5.91 Å². The van der Waals surface area contributed by atoms with Gasteiger partial charge in [-0.05, 0) is 44.4 Å². The molecule has 1 atom stereocenters. The second-order valence-corrected chi connectivity index (χ2v) is 6.85. The highest BCUT2D eigenvalue weighted by molar-refractivity contribution is 7.98. The van der Waals surface area contributed by atoms with Crippen LogP contribution in [0.1, 0.15) is 30.8 Å². The number of fused-ring (bicyclic) bond motifs is 1. The largest absolute Gasteiger partial charge is 0.352 e. The van der Waals surface area contributed by atoms with Crippen molar-refractivity contribution >= 4 is 34.5 Å². The third kappa shape index (κ3) is 4.96. The van der Waals surface area contributed by atoms with Crippen LogP contribution in [0.25, 0.3) is 10.9 Å². The first-order valence-electron chi connectivity index (χ1n) is 7.97. The van der Waals surface area contributed by atoms with Crippen LogP contribution in [0.4, 0.5) is 0 Å². The number of para-hydroxylation sites is 1. The second kappa shape index (κ2) is 8.68. The lowest BCUT2D eigenvalue weighted by Crippen LogP contribution is -2.49. The van der Waals surface area contributed by atoms with Gasteiger partial charge < -0.3 is 10.6 Å². The summed E-state index contributed by atoms with van der Waals surface area (Å²) < 4.78 is 0. The quantitative estimate of drug-likeness (QED) is 0.809. The summed E-state index contributed by atoms with van der Waals surface area (Å²) in [4.78, 5) is 29.2. The minimum atomic E-state index is -0.555. The van der Waals surface area contributed by atoms with Gasteiger partial charge in [0, 0.05) is 11.4 Å². The van der Waals surface area contributed by atoms with Crippen molar-refractivity contribution < 1.29 is 9.59 Å². The maximum atomic E-state index is 12.5. The lowest BCUT2D eigenvalue weighted by molar-refractivity contribution is -0.123. The topological polar surface area (TPSA) is 71.1 Å². The fourth-order valence-electron chi connectivity index (χ4n) is 2.31. The highest BCUT2D eigenvalue weighted by Gasteiger charge is 2.22. The molecule has 2 aromatic rings. The zero-order valence-electron chi connectivity index (χ0n) is 14.2. The third-order valence-electron chi connectivity index (χ3n) is 3.49. The molecule has 1 aromatic carbocycles. The van der Waals surface area contributed by atoms with E-state index in [1.165, 1.54) is 0 Å². The highest BCUT2D eigenvalue weighted by atomic mass is 32.2. The number of rotatable bonds is 7. The van der Waals surface area contributed by atoms with Crippen molar-refractivity contribution in [3.8, 4) is 0 Å². The van der Waals surface area contributed by atoms with E-state index in [0.29, 0.717) is 12.1 Å². The van der Waals surface area contributed by atoms with Crippen LogP contribution in [0, 0.1) is 0 Å². The van der Waals surface area contributed by atoms with E-state index in [0.717, 1.165) is 16.7 Å².